The van der Waals surface area contributed by atoms with Gasteiger partial charge in [0, 0.05) is 25.2 Å². The number of anilines is 1. The lowest BCUT2D eigenvalue weighted by Gasteiger charge is -2.28. The van der Waals surface area contributed by atoms with E-state index in [1.165, 1.54) is 13.8 Å². The number of hydrogen-bond donors (Lipinski definition) is 19. The Bertz CT molecular complexity index is 2850. The molecule has 1 aliphatic heterocycles. The minimum Gasteiger partial charge on any atom is -0.391 e. The molecule has 1 aliphatic rings. The van der Waals surface area contributed by atoms with Crippen LogP contribution >= 0.6 is 0 Å². The van der Waals surface area contributed by atoms with E-state index in [1.807, 2.05) is 36.4 Å². The lowest BCUT2D eigenvalue weighted by atomic mass is 10.00. The molecule has 0 saturated carbocycles. The zero-order valence-electron chi connectivity index (χ0n) is 50.6. The lowest BCUT2D eigenvalue weighted by Crippen LogP contribution is -2.63. The van der Waals surface area contributed by atoms with Crippen molar-refractivity contribution in [3.63, 3.8) is 0 Å². The molecule has 12 atom stereocenters. The fraction of sp³-hybridized carbons (Fsp3) is 0.508. The van der Waals surface area contributed by atoms with Crippen LogP contribution in [0.25, 0.3) is 11.1 Å². The third-order valence-corrected chi connectivity index (χ3v) is 14.2. The molecule has 24 N–H and O–H groups in total. The number of urea groups is 1. The van der Waals surface area contributed by atoms with Gasteiger partial charge in [0.1, 0.15) is 60.4 Å². The van der Waals surface area contributed by atoms with Crippen LogP contribution in [0.15, 0.2) is 84.9 Å². The molecule has 1 saturated heterocycles. The molecular formula is C59H89N17O13. The quantitative estimate of drug-likeness (QED) is 0.0400. The second-order valence-corrected chi connectivity index (χ2v) is 21.9. The zero-order valence-corrected chi connectivity index (χ0v) is 50.6. The normalized spacial score (nSPS) is 21.9. The maximum atomic E-state index is 14.5. The Morgan fingerprint density at radius 1 is 0.539 bits per heavy atom. The van der Waals surface area contributed by atoms with Crippen molar-refractivity contribution in [3.8, 4) is 11.1 Å². The first-order valence-electron chi connectivity index (χ1n) is 29.6. The smallest absolute Gasteiger partial charge is 0.319 e. The molecule has 3 aromatic carbocycles. The molecule has 30 heteroatoms. The van der Waals surface area contributed by atoms with Crippen LogP contribution in [-0.2, 0) is 54.4 Å². The maximum absolute atomic E-state index is 14.5. The van der Waals surface area contributed by atoms with Gasteiger partial charge in [-0.1, -0.05) is 86.6 Å². The Balaban J connectivity index is 1.66. The van der Waals surface area contributed by atoms with Gasteiger partial charge in [-0.15, -0.1) is 0 Å². The van der Waals surface area contributed by atoms with Crippen LogP contribution in [0.5, 0.6) is 0 Å². The summed E-state index contributed by atoms with van der Waals surface area (Å²) in [6.45, 7) is 4.20. The van der Waals surface area contributed by atoms with Gasteiger partial charge >= 0.3 is 6.03 Å². The molecule has 89 heavy (non-hydrogen) atoms. The van der Waals surface area contributed by atoms with E-state index in [1.54, 1.807) is 62.4 Å². The first-order chi connectivity index (χ1) is 42.4. The topological polar surface area (TPSA) is 503 Å². The average Bonchev–Trinajstić information content (AvgIpc) is 3.29. The summed E-state index contributed by atoms with van der Waals surface area (Å²) in [7, 11) is 0. The van der Waals surface area contributed by atoms with Gasteiger partial charge in [0.05, 0.1) is 12.2 Å². The fourth-order valence-corrected chi connectivity index (χ4v) is 9.40. The lowest BCUT2D eigenvalue weighted by molar-refractivity contribution is -0.136. The third-order valence-electron chi connectivity index (χ3n) is 14.2. The summed E-state index contributed by atoms with van der Waals surface area (Å²) in [5.41, 5.74) is 32.1. The molecule has 4 rings (SSSR count). The van der Waals surface area contributed by atoms with Gasteiger partial charge in [-0.2, -0.15) is 0 Å². The Hall–Kier alpha value is -8.65. The molecule has 0 spiro atoms. The number of aliphatic hydroxyl groups excluding tert-OH is 2. The van der Waals surface area contributed by atoms with Gasteiger partial charge < -0.3 is 103 Å². The summed E-state index contributed by atoms with van der Waals surface area (Å²) < 4.78 is 0. The van der Waals surface area contributed by atoms with Crippen LogP contribution in [0.1, 0.15) is 71.8 Å². The molecule has 0 aliphatic carbocycles. The summed E-state index contributed by atoms with van der Waals surface area (Å²) in [6.07, 6.45) is -4.49. The van der Waals surface area contributed by atoms with Crippen molar-refractivity contribution in [2.75, 3.05) is 44.6 Å². The molecule has 0 bridgehead atoms. The van der Waals surface area contributed by atoms with E-state index in [0.717, 1.165) is 11.1 Å². The van der Waals surface area contributed by atoms with Gasteiger partial charge in [0.15, 0.2) is 0 Å². The number of rotatable bonds is 24. The third kappa shape index (κ3) is 23.8. The number of benzene rings is 3. The highest BCUT2D eigenvalue weighted by Crippen LogP contribution is 2.22. The SMILES string of the molecule is CC(C)C[C@@H]1NC(=O)[C@@H](Cc2ccccc2)NC(=O)[C@H](CCN)NC(=O)[C@@H](NC(=O)[C@H](CN)NC(=O)[C@@H](NC(=O)[C@H](CCN)NC(=O)Nc2cccc(-c3ccccc3)c2)[C@@H](C)O)CCNC(=O)[C@H]([C@@H](C)O)NC(=O)[C@H](CCN)NC(=O)[C@H](CCN)NC1=O. The van der Waals surface area contributed by atoms with E-state index < -0.39 is 157 Å². The molecule has 0 unspecified atom stereocenters. The van der Waals surface area contributed by atoms with Gasteiger partial charge in [0.25, 0.3) is 0 Å². The molecular weight excluding hydrogens is 1150 g/mol. The van der Waals surface area contributed by atoms with E-state index in [4.69, 9.17) is 28.7 Å². The van der Waals surface area contributed by atoms with E-state index in [9.17, 15) is 63.0 Å². The highest BCUT2D eigenvalue weighted by Gasteiger charge is 2.37. The van der Waals surface area contributed by atoms with Gasteiger partial charge in [-0.25, -0.2) is 4.79 Å². The summed E-state index contributed by atoms with van der Waals surface area (Å²) in [6, 6.07) is 8.72. The number of nitrogens with two attached hydrogens (primary N) is 5. The van der Waals surface area contributed by atoms with Gasteiger partial charge in [-0.3, -0.25) is 47.9 Å². The number of carbonyl (C=O) groups is 11. The minimum absolute atomic E-state index is 0.0364. The van der Waals surface area contributed by atoms with Crippen LogP contribution in [-0.4, -0.2) is 187 Å². The van der Waals surface area contributed by atoms with Crippen LogP contribution < -0.4 is 92.5 Å². The molecule has 0 aromatic heterocycles. The molecule has 3 aromatic rings. The van der Waals surface area contributed by atoms with Gasteiger partial charge in [-0.05, 0) is 113 Å². The first-order valence-corrected chi connectivity index (χ1v) is 29.6. The van der Waals surface area contributed by atoms with E-state index in [0.29, 0.717) is 11.3 Å². The standard InChI is InChI=1S/C59H89N17O13/c1-32(2)28-44-54(84)69-39(18-23-60)49(79)68-41(20-25-62)52(82)75-47(33(3)77)57(87)65-27-22-43(51(81)67-40(19-24-61)50(80)72-45(55(85)71-44)29-35-12-7-5-8-13-35)70-56(86)46(31-64)73-58(88)48(34(4)78)76-53(83)42(21-26-63)74-59(89)66-38-17-11-16-37(30-38)36-14-9-6-10-15-36/h5-17,30,32-34,39-48,77-78H,18-29,31,60-64H2,1-4H3,(H,65,87)(H,67,81)(H,68,79)(H,69,84)(H,70,86)(H,71,85)(H,72,80)(H,73,88)(H,75,82)(H,76,83)(H2,66,74,89)/t33-,34-,39+,40+,41+,42+,43+,44+,45-,46+,47+,48+/m1/s1. The number of nitrogens with one attached hydrogen (secondary N) is 12. The van der Waals surface area contributed by atoms with E-state index in [-0.39, 0.29) is 70.6 Å². The second kappa shape index (κ2) is 37.3. The van der Waals surface area contributed by atoms with Crippen molar-refractivity contribution in [3.05, 3.63) is 90.5 Å². The van der Waals surface area contributed by atoms with E-state index in [2.05, 4.69) is 63.8 Å². The molecule has 1 heterocycles. The van der Waals surface area contributed by atoms with Crippen molar-refractivity contribution in [1.29, 1.82) is 0 Å². The van der Waals surface area contributed by atoms with Gasteiger partial charge in [0.2, 0.25) is 59.1 Å². The Morgan fingerprint density at radius 2 is 1.06 bits per heavy atom. The molecule has 1 fully saturated rings. The van der Waals surface area contributed by atoms with Crippen LogP contribution in [0.2, 0.25) is 0 Å². The van der Waals surface area contributed by atoms with Crippen molar-refractivity contribution in [1.82, 2.24) is 58.5 Å². The van der Waals surface area contributed by atoms with Crippen LogP contribution in [0.4, 0.5) is 10.5 Å². The predicted octanol–water partition coefficient (Wildman–Crippen LogP) is -4.87. The van der Waals surface area contributed by atoms with Crippen molar-refractivity contribution in [2.45, 2.75) is 145 Å². The zero-order chi connectivity index (χ0) is 65.7. The Kier molecular flexibility index (Phi) is 30.5. The monoisotopic (exact) mass is 1240 g/mol. The first kappa shape index (κ1) is 72.8. The molecule has 488 valence electrons. The number of amides is 12. The fourth-order valence-electron chi connectivity index (χ4n) is 9.40. The average molecular weight is 1240 g/mol. The van der Waals surface area contributed by atoms with Crippen molar-refractivity contribution < 1.29 is 63.0 Å². The van der Waals surface area contributed by atoms with Crippen LogP contribution in [0.3, 0.4) is 0 Å². The highest BCUT2D eigenvalue weighted by molar-refractivity contribution is 6.00. The summed E-state index contributed by atoms with van der Waals surface area (Å²) in [5.74, 6) is -9.90. The second-order valence-electron chi connectivity index (χ2n) is 21.9. The Morgan fingerprint density at radius 3 is 1.60 bits per heavy atom. The molecule has 12 amide bonds. The number of aliphatic hydroxyl groups is 2. The summed E-state index contributed by atoms with van der Waals surface area (Å²) in [5, 5.41) is 52.0. The molecule has 0 radical (unpaired) electrons. The molecule has 30 nitrogen and oxygen atoms in total. The largest absolute Gasteiger partial charge is 0.391 e. The summed E-state index contributed by atoms with van der Waals surface area (Å²) >= 11 is 0. The highest BCUT2D eigenvalue weighted by atomic mass is 16.3. The predicted molar refractivity (Wildman–Crippen MR) is 330 cm³/mol. The van der Waals surface area contributed by atoms with E-state index >= 15 is 0 Å². The minimum atomic E-state index is -1.78. The number of carbonyl (C=O) groups excluding carboxylic acids is 11. The van der Waals surface area contributed by atoms with Crippen LogP contribution in [0, 0.1) is 5.92 Å². The maximum Gasteiger partial charge on any atom is 0.319 e. The van der Waals surface area contributed by atoms with Crippen molar-refractivity contribution >= 4 is 70.8 Å². The number of hydrogen-bond acceptors (Lipinski definition) is 18. The summed E-state index contributed by atoms with van der Waals surface area (Å²) in [4.78, 5) is 154. The van der Waals surface area contributed by atoms with Crippen molar-refractivity contribution in [2.24, 2.45) is 34.6 Å². The Labute approximate surface area is 516 Å².